The Hall–Kier alpha value is -1.48. The van der Waals surface area contributed by atoms with Crippen molar-refractivity contribution in [2.24, 2.45) is 7.05 Å². The van der Waals surface area contributed by atoms with Gasteiger partial charge in [-0.2, -0.15) is 5.10 Å². The van der Waals surface area contributed by atoms with Crippen molar-refractivity contribution in [1.29, 1.82) is 0 Å². The first-order valence-electron chi connectivity index (χ1n) is 5.86. The van der Waals surface area contributed by atoms with Gasteiger partial charge in [-0.15, -0.1) is 11.6 Å². The number of rotatable bonds is 3. The van der Waals surface area contributed by atoms with Crippen LogP contribution in [0.15, 0.2) is 18.2 Å². The largest absolute Gasteiger partial charge is 0.439 e. The van der Waals surface area contributed by atoms with Gasteiger partial charge in [0.15, 0.2) is 0 Å². The third-order valence-electron chi connectivity index (χ3n) is 2.96. The van der Waals surface area contributed by atoms with Gasteiger partial charge in [0.05, 0.1) is 17.1 Å². The fourth-order valence-corrected chi connectivity index (χ4v) is 2.29. The van der Waals surface area contributed by atoms with E-state index in [0.29, 0.717) is 5.88 Å². The van der Waals surface area contributed by atoms with Crippen LogP contribution in [0.5, 0.6) is 11.6 Å². The SMILES string of the molecule is Cc1ccc(Oc2c(CCl)c(C)nn2C)c(C)c1. The number of hydrogen-bond donors (Lipinski definition) is 0. The molecule has 0 aliphatic rings. The van der Waals surface area contributed by atoms with Crippen LogP contribution in [0.1, 0.15) is 22.4 Å². The molecule has 2 rings (SSSR count). The number of aryl methyl sites for hydroxylation is 4. The summed E-state index contributed by atoms with van der Waals surface area (Å²) in [5, 5.41) is 4.33. The van der Waals surface area contributed by atoms with Crippen LogP contribution in [0, 0.1) is 20.8 Å². The lowest BCUT2D eigenvalue weighted by Gasteiger charge is -2.10. The summed E-state index contributed by atoms with van der Waals surface area (Å²) in [4.78, 5) is 0. The molecule has 1 aromatic heterocycles. The molecular formula is C14H17ClN2O. The molecule has 1 aromatic carbocycles. The quantitative estimate of drug-likeness (QED) is 0.787. The van der Waals surface area contributed by atoms with Gasteiger partial charge in [0, 0.05) is 7.05 Å². The van der Waals surface area contributed by atoms with E-state index in [1.54, 1.807) is 4.68 Å². The maximum atomic E-state index is 5.95. The van der Waals surface area contributed by atoms with Gasteiger partial charge >= 0.3 is 0 Å². The van der Waals surface area contributed by atoms with Crippen molar-refractivity contribution in [3.05, 3.63) is 40.6 Å². The predicted molar refractivity (Wildman–Crippen MR) is 73.5 cm³/mol. The van der Waals surface area contributed by atoms with E-state index in [2.05, 4.69) is 18.1 Å². The topological polar surface area (TPSA) is 27.1 Å². The van der Waals surface area contributed by atoms with Gasteiger partial charge in [-0.1, -0.05) is 17.7 Å². The molecule has 0 spiro atoms. The Morgan fingerprint density at radius 1 is 1.28 bits per heavy atom. The van der Waals surface area contributed by atoms with Crippen LogP contribution in [0.25, 0.3) is 0 Å². The number of nitrogens with zero attached hydrogens (tertiary/aromatic N) is 2. The van der Waals surface area contributed by atoms with E-state index in [0.717, 1.165) is 28.5 Å². The van der Waals surface area contributed by atoms with Crippen LogP contribution in [0.4, 0.5) is 0 Å². The van der Waals surface area contributed by atoms with Crippen molar-refractivity contribution in [3.63, 3.8) is 0 Å². The molecule has 1 heterocycles. The Kier molecular flexibility index (Phi) is 3.62. The first-order chi connectivity index (χ1) is 8.52. The maximum Gasteiger partial charge on any atom is 0.222 e. The van der Waals surface area contributed by atoms with Gasteiger partial charge in [-0.25, -0.2) is 4.68 Å². The molecule has 0 saturated heterocycles. The summed E-state index contributed by atoms with van der Waals surface area (Å²) in [6.45, 7) is 6.04. The number of ether oxygens (including phenoxy) is 1. The van der Waals surface area contributed by atoms with Crippen LogP contribution in [0.2, 0.25) is 0 Å². The van der Waals surface area contributed by atoms with Crippen molar-refractivity contribution < 1.29 is 4.74 Å². The molecular weight excluding hydrogens is 248 g/mol. The molecule has 0 aliphatic carbocycles. The summed E-state index contributed by atoms with van der Waals surface area (Å²) in [6.07, 6.45) is 0. The Balaban J connectivity index is 2.39. The standard InChI is InChI=1S/C14H17ClN2O/c1-9-5-6-13(10(2)7-9)18-14-12(8-15)11(3)16-17(14)4/h5-7H,8H2,1-4H3. The fourth-order valence-electron chi connectivity index (χ4n) is 1.98. The lowest BCUT2D eigenvalue weighted by molar-refractivity contribution is 0.424. The second kappa shape index (κ2) is 5.02. The lowest BCUT2D eigenvalue weighted by atomic mass is 10.1. The highest BCUT2D eigenvalue weighted by molar-refractivity contribution is 6.17. The third kappa shape index (κ3) is 2.36. The number of aromatic nitrogens is 2. The summed E-state index contributed by atoms with van der Waals surface area (Å²) in [5.41, 5.74) is 4.18. The molecule has 0 aliphatic heterocycles. The zero-order valence-corrected chi connectivity index (χ0v) is 11.9. The monoisotopic (exact) mass is 264 g/mol. The maximum absolute atomic E-state index is 5.95. The van der Waals surface area contributed by atoms with E-state index in [9.17, 15) is 0 Å². The number of halogens is 1. The van der Waals surface area contributed by atoms with Crippen molar-refractivity contribution in [1.82, 2.24) is 9.78 Å². The molecule has 3 nitrogen and oxygen atoms in total. The van der Waals surface area contributed by atoms with E-state index in [1.807, 2.05) is 33.0 Å². The van der Waals surface area contributed by atoms with Gasteiger partial charge in [0.25, 0.3) is 0 Å². The Morgan fingerprint density at radius 3 is 2.61 bits per heavy atom. The zero-order chi connectivity index (χ0) is 13.3. The van der Waals surface area contributed by atoms with Gasteiger partial charge in [-0.3, -0.25) is 0 Å². The molecule has 96 valence electrons. The van der Waals surface area contributed by atoms with Gasteiger partial charge in [-0.05, 0) is 32.4 Å². The number of hydrogen-bond acceptors (Lipinski definition) is 2. The van der Waals surface area contributed by atoms with Crippen LogP contribution >= 0.6 is 11.6 Å². The van der Waals surface area contributed by atoms with E-state index in [1.165, 1.54) is 5.56 Å². The van der Waals surface area contributed by atoms with Crippen LogP contribution < -0.4 is 4.74 Å². The fraction of sp³-hybridized carbons (Fsp3) is 0.357. The van der Waals surface area contributed by atoms with Gasteiger partial charge in [0.2, 0.25) is 5.88 Å². The van der Waals surface area contributed by atoms with E-state index in [-0.39, 0.29) is 0 Å². The summed E-state index contributed by atoms with van der Waals surface area (Å²) >= 11 is 5.95. The average Bonchev–Trinajstić information content (AvgIpc) is 2.57. The zero-order valence-electron chi connectivity index (χ0n) is 11.1. The summed E-state index contributed by atoms with van der Waals surface area (Å²) in [6, 6.07) is 6.11. The Bertz CT molecular complexity index is 575. The predicted octanol–water partition coefficient (Wildman–Crippen LogP) is 3.88. The molecule has 0 atom stereocenters. The van der Waals surface area contributed by atoms with Crippen LogP contribution in [0.3, 0.4) is 0 Å². The molecule has 0 bridgehead atoms. The Labute approximate surface area is 112 Å². The normalized spacial score (nSPS) is 10.7. The smallest absolute Gasteiger partial charge is 0.222 e. The van der Waals surface area contributed by atoms with Gasteiger partial charge < -0.3 is 4.74 Å². The molecule has 0 amide bonds. The minimum atomic E-state index is 0.403. The van der Waals surface area contributed by atoms with Crippen molar-refractivity contribution in [2.45, 2.75) is 26.7 Å². The Morgan fingerprint density at radius 2 is 2.00 bits per heavy atom. The molecule has 0 saturated carbocycles. The van der Waals surface area contributed by atoms with Crippen LogP contribution in [-0.2, 0) is 12.9 Å². The molecule has 0 radical (unpaired) electrons. The van der Waals surface area contributed by atoms with Gasteiger partial charge in [0.1, 0.15) is 5.75 Å². The number of benzene rings is 1. The molecule has 0 N–H and O–H groups in total. The first-order valence-corrected chi connectivity index (χ1v) is 6.40. The minimum Gasteiger partial charge on any atom is -0.439 e. The highest BCUT2D eigenvalue weighted by Crippen LogP contribution is 2.30. The van der Waals surface area contributed by atoms with E-state index >= 15 is 0 Å². The average molecular weight is 265 g/mol. The lowest BCUT2D eigenvalue weighted by Crippen LogP contribution is -1.97. The highest BCUT2D eigenvalue weighted by Gasteiger charge is 2.15. The molecule has 0 fully saturated rings. The summed E-state index contributed by atoms with van der Waals surface area (Å²) in [5.74, 6) is 1.96. The second-order valence-electron chi connectivity index (χ2n) is 4.50. The van der Waals surface area contributed by atoms with E-state index < -0.39 is 0 Å². The minimum absolute atomic E-state index is 0.403. The second-order valence-corrected chi connectivity index (χ2v) is 4.76. The van der Waals surface area contributed by atoms with Crippen molar-refractivity contribution >= 4 is 11.6 Å². The van der Waals surface area contributed by atoms with Crippen LogP contribution in [-0.4, -0.2) is 9.78 Å². The first kappa shape index (κ1) is 13.0. The summed E-state index contributed by atoms with van der Waals surface area (Å²) < 4.78 is 7.68. The summed E-state index contributed by atoms with van der Waals surface area (Å²) in [7, 11) is 1.86. The highest BCUT2D eigenvalue weighted by atomic mass is 35.5. The number of alkyl halides is 1. The molecule has 0 unspecified atom stereocenters. The molecule has 2 aromatic rings. The third-order valence-corrected chi connectivity index (χ3v) is 3.23. The van der Waals surface area contributed by atoms with Crippen molar-refractivity contribution in [3.8, 4) is 11.6 Å². The molecule has 4 heteroatoms. The molecule has 18 heavy (non-hydrogen) atoms. The van der Waals surface area contributed by atoms with Crippen molar-refractivity contribution in [2.75, 3.05) is 0 Å². The van der Waals surface area contributed by atoms with E-state index in [4.69, 9.17) is 16.3 Å².